The van der Waals surface area contributed by atoms with Crippen molar-refractivity contribution in [3.05, 3.63) is 0 Å². The lowest BCUT2D eigenvalue weighted by atomic mass is 9.96. The summed E-state index contributed by atoms with van der Waals surface area (Å²) in [7, 11) is 0. The van der Waals surface area contributed by atoms with Crippen LogP contribution in [-0.4, -0.2) is 76.4 Å². The van der Waals surface area contributed by atoms with E-state index in [0.717, 1.165) is 0 Å². The van der Waals surface area contributed by atoms with Gasteiger partial charge in [0.15, 0.2) is 0 Å². The normalized spacial score (nSPS) is 19.8. The molecule has 1 fully saturated rings. The molecule has 0 aliphatic carbocycles. The summed E-state index contributed by atoms with van der Waals surface area (Å²) in [4.78, 5) is 51.8. The molecular weight excluding hydrogens is 432 g/mol. The summed E-state index contributed by atoms with van der Waals surface area (Å²) >= 11 is 1.54. The van der Waals surface area contributed by atoms with Crippen LogP contribution in [0, 0.1) is 11.8 Å². The van der Waals surface area contributed by atoms with Gasteiger partial charge in [-0.3, -0.25) is 14.4 Å². The van der Waals surface area contributed by atoms with Gasteiger partial charge in [-0.05, 0) is 49.5 Å². The van der Waals surface area contributed by atoms with Crippen molar-refractivity contribution in [1.82, 2.24) is 15.5 Å². The number of carboxylic acids is 1. The molecule has 1 heterocycles. The number of amides is 3. The van der Waals surface area contributed by atoms with Crippen LogP contribution in [0.4, 0.5) is 0 Å². The standard InChI is InChI=1S/C22H40N4O5S/c1-6-14(4)18(25-19(27)15(23)12-13(2)3)20(28)24-16(9-11-32-5)21(29)26-10-7-8-17(26)22(30)31/h13-18H,6-12,23H2,1-5H3,(H,24,28)(H,25,27)(H,30,31). The minimum absolute atomic E-state index is 0.167. The van der Waals surface area contributed by atoms with Crippen LogP contribution in [0.5, 0.6) is 0 Å². The SMILES string of the molecule is CCC(C)C(NC(=O)C(N)CC(C)C)C(=O)NC(CCSC)C(=O)N1CCCC1C(=O)O. The van der Waals surface area contributed by atoms with Gasteiger partial charge in [-0.1, -0.05) is 34.1 Å². The second-order valence-electron chi connectivity index (χ2n) is 8.98. The molecule has 0 spiro atoms. The highest BCUT2D eigenvalue weighted by molar-refractivity contribution is 7.98. The monoisotopic (exact) mass is 472 g/mol. The number of nitrogens with zero attached hydrogens (tertiary/aromatic N) is 1. The van der Waals surface area contributed by atoms with Gasteiger partial charge in [0.2, 0.25) is 17.7 Å². The minimum Gasteiger partial charge on any atom is -0.480 e. The molecule has 3 amide bonds. The molecule has 5 N–H and O–H groups in total. The van der Waals surface area contributed by atoms with E-state index in [-0.39, 0.29) is 17.7 Å². The summed E-state index contributed by atoms with van der Waals surface area (Å²) in [5, 5.41) is 15.0. The Morgan fingerprint density at radius 1 is 1.16 bits per heavy atom. The van der Waals surface area contributed by atoms with Gasteiger partial charge < -0.3 is 26.4 Å². The highest BCUT2D eigenvalue weighted by atomic mass is 32.2. The van der Waals surface area contributed by atoms with E-state index in [1.807, 2.05) is 34.0 Å². The first kappa shape index (κ1) is 28.2. The van der Waals surface area contributed by atoms with Crippen molar-refractivity contribution >= 4 is 35.5 Å². The molecule has 1 saturated heterocycles. The Hall–Kier alpha value is -1.81. The Balaban J connectivity index is 2.98. The molecule has 0 aromatic carbocycles. The number of likely N-dealkylation sites (tertiary alicyclic amines) is 1. The van der Waals surface area contributed by atoms with Gasteiger partial charge in [0.25, 0.3) is 0 Å². The molecule has 0 saturated carbocycles. The van der Waals surface area contributed by atoms with Crippen molar-refractivity contribution < 1.29 is 24.3 Å². The predicted octanol–water partition coefficient (Wildman–Crippen LogP) is 1.20. The quantitative estimate of drug-likeness (QED) is 0.315. The summed E-state index contributed by atoms with van der Waals surface area (Å²) in [5.74, 6) is -1.56. The zero-order valence-corrected chi connectivity index (χ0v) is 20.7. The Labute approximate surface area is 195 Å². The summed E-state index contributed by atoms with van der Waals surface area (Å²) < 4.78 is 0. The molecule has 0 aromatic rings. The molecule has 32 heavy (non-hydrogen) atoms. The second-order valence-corrected chi connectivity index (χ2v) is 9.96. The van der Waals surface area contributed by atoms with Crippen LogP contribution >= 0.6 is 11.8 Å². The number of nitrogens with two attached hydrogens (primary N) is 1. The molecule has 0 radical (unpaired) electrons. The van der Waals surface area contributed by atoms with Crippen molar-refractivity contribution in [2.45, 2.75) is 84.0 Å². The van der Waals surface area contributed by atoms with E-state index >= 15 is 0 Å². The van der Waals surface area contributed by atoms with E-state index in [9.17, 15) is 24.3 Å². The molecule has 5 atom stereocenters. The van der Waals surface area contributed by atoms with E-state index in [1.54, 1.807) is 0 Å². The summed E-state index contributed by atoms with van der Waals surface area (Å²) in [6, 6.07) is -3.26. The molecule has 1 aliphatic rings. The third-order valence-electron chi connectivity index (χ3n) is 5.90. The summed E-state index contributed by atoms with van der Waals surface area (Å²) in [5.41, 5.74) is 5.99. The average molecular weight is 473 g/mol. The van der Waals surface area contributed by atoms with Crippen LogP contribution in [0.25, 0.3) is 0 Å². The predicted molar refractivity (Wildman–Crippen MR) is 126 cm³/mol. The Bertz CT molecular complexity index is 660. The summed E-state index contributed by atoms with van der Waals surface area (Å²) in [6.45, 7) is 8.08. The van der Waals surface area contributed by atoms with Crippen molar-refractivity contribution in [3.8, 4) is 0 Å². The molecule has 0 bridgehead atoms. The molecule has 0 aromatic heterocycles. The van der Waals surface area contributed by atoms with Crippen molar-refractivity contribution in [2.24, 2.45) is 17.6 Å². The highest BCUT2D eigenvalue weighted by Gasteiger charge is 2.38. The molecule has 1 aliphatic heterocycles. The smallest absolute Gasteiger partial charge is 0.326 e. The third-order valence-corrected chi connectivity index (χ3v) is 6.55. The van der Waals surface area contributed by atoms with Gasteiger partial charge in [-0.25, -0.2) is 4.79 Å². The number of carbonyl (C=O) groups is 4. The van der Waals surface area contributed by atoms with Crippen molar-refractivity contribution in [3.63, 3.8) is 0 Å². The maximum absolute atomic E-state index is 13.2. The fraction of sp³-hybridized carbons (Fsp3) is 0.818. The lowest BCUT2D eigenvalue weighted by molar-refractivity contribution is -0.149. The molecule has 184 valence electrons. The van der Waals surface area contributed by atoms with Gasteiger partial charge in [0.1, 0.15) is 18.1 Å². The van der Waals surface area contributed by atoms with Gasteiger partial charge in [0.05, 0.1) is 6.04 Å². The highest BCUT2D eigenvalue weighted by Crippen LogP contribution is 2.20. The maximum atomic E-state index is 13.2. The fourth-order valence-corrected chi connectivity index (χ4v) is 4.29. The van der Waals surface area contributed by atoms with E-state index in [2.05, 4.69) is 10.6 Å². The largest absolute Gasteiger partial charge is 0.480 e. The number of carboxylic acid groups (broad SMARTS) is 1. The minimum atomic E-state index is -1.03. The first-order valence-electron chi connectivity index (χ1n) is 11.4. The maximum Gasteiger partial charge on any atom is 0.326 e. The van der Waals surface area contributed by atoms with Crippen LogP contribution in [0.2, 0.25) is 0 Å². The zero-order chi connectivity index (χ0) is 24.4. The van der Waals surface area contributed by atoms with Crippen LogP contribution < -0.4 is 16.4 Å². The van der Waals surface area contributed by atoms with Crippen LogP contribution in [0.3, 0.4) is 0 Å². The van der Waals surface area contributed by atoms with E-state index in [0.29, 0.717) is 44.4 Å². The van der Waals surface area contributed by atoms with Gasteiger partial charge in [0, 0.05) is 6.54 Å². The Morgan fingerprint density at radius 2 is 1.81 bits per heavy atom. The lowest BCUT2D eigenvalue weighted by Gasteiger charge is -2.30. The van der Waals surface area contributed by atoms with E-state index in [4.69, 9.17) is 5.73 Å². The molecule has 5 unspecified atom stereocenters. The van der Waals surface area contributed by atoms with Gasteiger partial charge in [-0.2, -0.15) is 11.8 Å². The fourth-order valence-electron chi connectivity index (χ4n) is 3.82. The van der Waals surface area contributed by atoms with E-state index in [1.165, 1.54) is 16.7 Å². The first-order valence-corrected chi connectivity index (χ1v) is 12.8. The van der Waals surface area contributed by atoms with Gasteiger partial charge in [-0.15, -0.1) is 0 Å². The number of aliphatic carboxylic acids is 1. The van der Waals surface area contributed by atoms with Crippen LogP contribution in [-0.2, 0) is 19.2 Å². The summed E-state index contributed by atoms with van der Waals surface area (Å²) in [6.07, 6.45) is 4.45. The molecule has 9 nitrogen and oxygen atoms in total. The average Bonchev–Trinajstić information content (AvgIpc) is 3.23. The number of hydrogen-bond donors (Lipinski definition) is 4. The molecular formula is C22H40N4O5S. The molecule has 1 rings (SSSR count). The zero-order valence-electron chi connectivity index (χ0n) is 19.9. The van der Waals surface area contributed by atoms with Crippen molar-refractivity contribution in [1.29, 1.82) is 0 Å². The Kier molecular flexibility index (Phi) is 12.1. The number of thioether (sulfide) groups is 1. The Morgan fingerprint density at radius 3 is 2.34 bits per heavy atom. The number of hydrogen-bond acceptors (Lipinski definition) is 6. The first-order chi connectivity index (χ1) is 15.0. The number of nitrogens with one attached hydrogen (secondary N) is 2. The molecule has 10 heteroatoms. The number of carbonyl (C=O) groups excluding carboxylic acids is 3. The third kappa shape index (κ3) is 8.27. The van der Waals surface area contributed by atoms with Gasteiger partial charge >= 0.3 is 5.97 Å². The van der Waals surface area contributed by atoms with Crippen LogP contribution in [0.15, 0.2) is 0 Å². The number of rotatable bonds is 13. The topological polar surface area (TPSA) is 142 Å². The lowest BCUT2D eigenvalue weighted by Crippen LogP contribution is -2.58. The van der Waals surface area contributed by atoms with Crippen molar-refractivity contribution in [2.75, 3.05) is 18.6 Å². The second kappa shape index (κ2) is 13.7. The van der Waals surface area contributed by atoms with Crippen LogP contribution in [0.1, 0.15) is 59.8 Å². The van der Waals surface area contributed by atoms with E-state index < -0.39 is 42.0 Å².